The number of carbonyl (C=O) groups excluding carboxylic acids is 5. The minimum absolute atomic E-state index is 0.0310. The molecule has 1 unspecified atom stereocenters. The third-order valence-electron chi connectivity index (χ3n) is 4.93. The molecular weight excluding hydrogens is 390 g/mol. The number of rotatable bonds is 3. The monoisotopic (exact) mass is 407 g/mol. The fourth-order valence-corrected chi connectivity index (χ4v) is 3.56. The molecule has 0 aliphatic carbocycles. The molecule has 0 bridgehead atoms. The summed E-state index contributed by atoms with van der Waals surface area (Å²) in [7, 11) is 0. The quantitative estimate of drug-likeness (QED) is 0.644. The maximum Gasteiger partial charge on any atom is 0.327 e. The number of aromatic nitrogens is 1. The van der Waals surface area contributed by atoms with Crippen LogP contribution in [0.4, 0.5) is 10.6 Å². The second-order valence-corrected chi connectivity index (χ2v) is 6.86. The van der Waals surface area contributed by atoms with E-state index in [1.54, 1.807) is 30.3 Å². The van der Waals surface area contributed by atoms with Crippen LogP contribution in [0.2, 0.25) is 0 Å². The van der Waals surface area contributed by atoms with E-state index in [4.69, 9.17) is 0 Å². The first kappa shape index (κ1) is 19.2. The van der Waals surface area contributed by atoms with Crippen molar-refractivity contribution in [2.45, 2.75) is 25.4 Å². The first-order valence-electron chi connectivity index (χ1n) is 9.24. The molecule has 1 aromatic heterocycles. The number of hydrogen-bond donors (Lipinski definition) is 3. The smallest absolute Gasteiger partial charge is 0.322 e. The molecule has 1 atom stereocenters. The maximum absolute atomic E-state index is 13.0. The molecule has 6 amide bonds. The van der Waals surface area contributed by atoms with E-state index in [9.17, 15) is 24.0 Å². The standard InChI is InChI=1S/C20H17N5O5/c26-15-8-7-13(18(28)23-15)25-10-11-4-3-5-12(16(11)19(25)29)17(27)24-20(30)22-14-6-1-2-9-21-14/h1-6,9,13H,7-8,10H2,(H,23,26,28)(H2,21,22,24,27,30). The van der Waals surface area contributed by atoms with Crippen molar-refractivity contribution in [1.82, 2.24) is 20.5 Å². The molecule has 2 aromatic rings. The Bertz CT molecular complexity index is 1070. The minimum atomic E-state index is -0.788. The van der Waals surface area contributed by atoms with Gasteiger partial charge in [-0.05, 0) is 30.2 Å². The highest BCUT2D eigenvalue weighted by atomic mass is 16.2. The number of nitrogens with one attached hydrogen (secondary N) is 3. The summed E-state index contributed by atoms with van der Waals surface area (Å²) >= 11 is 0. The lowest BCUT2D eigenvalue weighted by Gasteiger charge is -2.29. The van der Waals surface area contributed by atoms with Crippen LogP contribution in [0.3, 0.4) is 0 Å². The lowest BCUT2D eigenvalue weighted by Crippen LogP contribution is -2.52. The molecule has 2 aliphatic heterocycles. The van der Waals surface area contributed by atoms with Crippen LogP contribution in [-0.2, 0) is 16.1 Å². The lowest BCUT2D eigenvalue weighted by molar-refractivity contribution is -0.136. The molecule has 0 radical (unpaired) electrons. The van der Waals surface area contributed by atoms with Crippen LogP contribution in [0.5, 0.6) is 0 Å². The fraction of sp³-hybridized carbons (Fsp3) is 0.200. The lowest BCUT2D eigenvalue weighted by atomic mass is 10.0. The molecule has 10 nitrogen and oxygen atoms in total. The summed E-state index contributed by atoms with van der Waals surface area (Å²) < 4.78 is 0. The SMILES string of the molecule is O=C1CCC(N2Cc3cccc(C(=O)NC(=O)Nc4ccccn4)c3C2=O)C(=O)N1. The van der Waals surface area contributed by atoms with Crippen molar-refractivity contribution in [3.63, 3.8) is 0 Å². The number of fused-ring (bicyclic) bond motifs is 1. The van der Waals surface area contributed by atoms with Gasteiger partial charge < -0.3 is 4.90 Å². The second kappa shape index (κ2) is 7.74. The number of hydrogen-bond acceptors (Lipinski definition) is 6. The van der Waals surface area contributed by atoms with Crippen LogP contribution in [0.1, 0.15) is 39.1 Å². The summed E-state index contributed by atoms with van der Waals surface area (Å²) in [5.41, 5.74) is 0.747. The van der Waals surface area contributed by atoms with Gasteiger partial charge >= 0.3 is 6.03 Å². The van der Waals surface area contributed by atoms with E-state index in [1.807, 2.05) is 0 Å². The highest BCUT2D eigenvalue weighted by Gasteiger charge is 2.40. The topological polar surface area (TPSA) is 138 Å². The Morgan fingerprint density at radius 1 is 1.10 bits per heavy atom. The number of imide groups is 2. The average molecular weight is 407 g/mol. The van der Waals surface area contributed by atoms with E-state index in [2.05, 4.69) is 20.9 Å². The summed E-state index contributed by atoms with van der Waals surface area (Å²) in [6.07, 6.45) is 1.85. The third kappa shape index (κ3) is 3.62. The van der Waals surface area contributed by atoms with Crippen molar-refractivity contribution in [1.29, 1.82) is 0 Å². The molecule has 1 aromatic carbocycles. The predicted octanol–water partition coefficient (Wildman–Crippen LogP) is 0.805. The number of piperidine rings is 1. The molecule has 0 saturated carbocycles. The van der Waals surface area contributed by atoms with E-state index >= 15 is 0 Å². The normalized spacial score (nSPS) is 17.9. The van der Waals surface area contributed by atoms with E-state index < -0.39 is 29.8 Å². The summed E-state index contributed by atoms with van der Waals surface area (Å²) in [4.78, 5) is 66.6. The average Bonchev–Trinajstić information content (AvgIpc) is 3.05. The highest BCUT2D eigenvalue weighted by Crippen LogP contribution is 2.29. The number of amides is 6. The van der Waals surface area contributed by atoms with E-state index in [1.165, 1.54) is 17.2 Å². The first-order valence-corrected chi connectivity index (χ1v) is 9.24. The molecule has 152 valence electrons. The summed E-state index contributed by atoms with van der Waals surface area (Å²) in [6, 6.07) is 8.07. The van der Waals surface area contributed by atoms with Crippen molar-refractivity contribution in [2.24, 2.45) is 0 Å². The molecule has 10 heteroatoms. The molecule has 2 aliphatic rings. The van der Waals surface area contributed by atoms with Crippen LogP contribution in [0.15, 0.2) is 42.6 Å². The number of anilines is 1. The van der Waals surface area contributed by atoms with Crippen LogP contribution in [0, 0.1) is 0 Å². The predicted molar refractivity (Wildman–Crippen MR) is 103 cm³/mol. The van der Waals surface area contributed by atoms with Gasteiger partial charge in [0.15, 0.2) is 0 Å². The molecule has 3 heterocycles. The van der Waals surface area contributed by atoms with Crippen molar-refractivity contribution in [3.05, 3.63) is 59.3 Å². The Kier molecular flexibility index (Phi) is 4.97. The maximum atomic E-state index is 13.0. The molecule has 4 rings (SSSR count). The summed E-state index contributed by atoms with van der Waals surface area (Å²) in [6.45, 7) is 0.141. The number of urea groups is 1. The van der Waals surface area contributed by atoms with Crippen LogP contribution >= 0.6 is 0 Å². The van der Waals surface area contributed by atoms with E-state index in [0.717, 1.165) is 0 Å². The van der Waals surface area contributed by atoms with E-state index in [0.29, 0.717) is 5.56 Å². The second-order valence-electron chi connectivity index (χ2n) is 6.86. The fourth-order valence-electron chi connectivity index (χ4n) is 3.56. The van der Waals surface area contributed by atoms with E-state index in [-0.39, 0.29) is 42.2 Å². The number of pyridine rings is 1. The zero-order valence-corrected chi connectivity index (χ0v) is 15.7. The third-order valence-corrected chi connectivity index (χ3v) is 4.93. The number of nitrogens with zero attached hydrogens (tertiary/aromatic N) is 2. The van der Waals surface area contributed by atoms with Gasteiger partial charge in [-0.2, -0.15) is 0 Å². The molecule has 0 spiro atoms. The van der Waals surface area contributed by atoms with Gasteiger partial charge in [0.2, 0.25) is 11.8 Å². The number of benzene rings is 1. The summed E-state index contributed by atoms with van der Waals surface area (Å²) in [5.74, 6) is -1.89. The van der Waals surface area contributed by atoms with Gasteiger partial charge in [0.25, 0.3) is 11.8 Å². The Balaban J connectivity index is 1.51. The largest absolute Gasteiger partial charge is 0.327 e. The Hall–Kier alpha value is -4.08. The van der Waals surface area contributed by atoms with Crippen LogP contribution in [-0.4, -0.2) is 45.6 Å². The first-order chi connectivity index (χ1) is 14.4. The Morgan fingerprint density at radius 2 is 1.93 bits per heavy atom. The van der Waals surface area contributed by atoms with Gasteiger partial charge in [-0.15, -0.1) is 0 Å². The zero-order valence-electron chi connectivity index (χ0n) is 15.7. The Labute approximate surface area is 170 Å². The van der Waals surface area contributed by atoms with Gasteiger partial charge in [0.05, 0.1) is 11.1 Å². The zero-order chi connectivity index (χ0) is 21.3. The van der Waals surface area contributed by atoms with Gasteiger partial charge in [0.1, 0.15) is 11.9 Å². The van der Waals surface area contributed by atoms with Crippen molar-refractivity contribution < 1.29 is 24.0 Å². The Morgan fingerprint density at radius 3 is 2.67 bits per heavy atom. The van der Waals surface area contributed by atoms with Crippen molar-refractivity contribution in [3.8, 4) is 0 Å². The van der Waals surface area contributed by atoms with Gasteiger partial charge in [-0.3, -0.25) is 35.1 Å². The highest BCUT2D eigenvalue weighted by molar-refractivity contribution is 6.15. The molecule has 30 heavy (non-hydrogen) atoms. The van der Waals surface area contributed by atoms with Crippen LogP contribution in [0.25, 0.3) is 0 Å². The van der Waals surface area contributed by atoms with Crippen LogP contribution < -0.4 is 16.0 Å². The molecular formula is C20H17N5O5. The molecule has 1 saturated heterocycles. The van der Waals surface area contributed by atoms with Gasteiger partial charge in [-0.25, -0.2) is 9.78 Å². The van der Waals surface area contributed by atoms with Crippen molar-refractivity contribution >= 4 is 35.5 Å². The summed E-state index contributed by atoms with van der Waals surface area (Å²) in [5, 5.41) is 6.84. The molecule has 3 N–H and O–H groups in total. The number of carbonyl (C=O) groups is 5. The molecule has 1 fully saturated rings. The van der Waals surface area contributed by atoms with Gasteiger partial charge in [-0.1, -0.05) is 18.2 Å². The van der Waals surface area contributed by atoms with Gasteiger partial charge in [0, 0.05) is 19.2 Å². The minimum Gasteiger partial charge on any atom is -0.322 e. The van der Waals surface area contributed by atoms with Crippen molar-refractivity contribution in [2.75, 3.05) is 5.32 Å².